The fourth-order valence-corrected chi connectivity index (χ4v) is 2.38. The second-order valence-corrected chi connectivity index (χ2v) is 6.04. The van der Waals surface area contributed by atoms with Gasteiger partial charge in [-0.2, -0.15) is 0 Å². The quantitative estimate of drug-likeness (QED) is 0.913. The van der Waals surface area contributed by atoms with Gasteiger partial charge in [-0.25, -0.2) is 8.42 Å². The molecule has 0 aromatic heterocycles. The Balaban J connectivity index is 2.54. The monoisotopic (exact) mass is 290 g/mol. The smallest absolute Gasteiger partial charge is 0.229 e. The van der Waals surface area contributed by atoms with Crippen molar-refractivity contribution in [3.63, 3.8) is 0 Å². The third-order valence-corrected chi connectivity index (χ3v) is 3.23. The van der Waals surface area contributed by atoms with E-state index in [9.17, 15) is 18.3 Å². The summed E-state index contributed by atoms with van der Waals surface area (Å²) >= 11 is 0. The summed E-state index contributed by atoms with van der Waals surface area (Å²) in [7, 11) is -3.57. The van der Waals surface area contributed by atoms with Crippen LogP contribution in [0.5, 0.6) is 0 Å². The first-order chi connectivity index (χ1) is 9.37. The lowest BCUT2D eigenvalue weighted by molar-refractivity contribution is -0.254. The molecule has 104 valence electrons. The van der Waals surface area contributed by atoms with Gasteiger partial charge in [0.25, 0.3) is 0 Å². The molecule has 0 amide bonds. The van der Waals surface area contributed by atoms with Crippen molar-refractivity contribution in [3.8, 4) is 11.1 Å². The Morgan fingerprint density at radius 3 is 2.25 bits per heavy atom. The van der Waals surface area contributed by atoms with Crippen molar-refractivity contribution in [2.45, 2.75) is 0 Å². The molecule has 2 aromatic rings. The highest BCUT2D eigenvalue weighted by Gasteiger charge is 2.10. The summed E-state index contributed by atoms with van der Waals surface area (Å²) in [6, 6.07) is 13.6. The number of aromatic carboxylic acids is 1. The molecule has 0 bridgehead atoms. The normalized spacial score (nSPS) is 11.1. The maximum Gasteiger partial charge on any atom is 0.229 e. The highest BCUT2D eigenvalue weighted by Crippen LogP contribution is 2.26. The summed E-state index contributed by atoms with van der Waals surface area (Å²) in [6.07, 6.45) is 0.960. The molecule has 0 spiro atoms. The third-order valence-electron chi connectivity index (χ3n) is 2.64. The molecule has 0 saturated carbocycles. The highest BCUT2D eigenvalue weighted by molar-refractivity contribution is 7.92. The molecular weight excluding hydrogens is 278 g/mol. The van der Waals surface area contributed by atoms with Gasteiger partial charge in [-0.15, -0.1) is 0 Å². The zero-order chi connectivity index (χ0) is 14.8. The highest BCUT2D eigenvalue weighted by atomic mass is 32.2. The minimum Gasteiger partial charge on any atom is -0.545 e. The largest absolute Gasteiger partial charge is 0.545 e. The fraction of sp³-hybridized carbons (Fsp3) is 0.0714. The summed E-state index contributed by atoms with van der Waals surface area (Å²) in [5, 5.41) is 11.0. The van der Waals surface area contributed by atoms with Gasteiger partial charge < -0.3 is 9.90 Å². The predicted molar refractivity (Wildman–Crippen MR) is 74.7 cm³/mol. The predicted octanol–water partition coefficient (Wildman–Crippen LogP) is 1.09. The topological polar surface area (TPSA) is 86.3 Å². The van der Waals surface area contributed by atoms with Gasteiger partial charge in [0, 0.05) is 5.56 Å². The molecule has 0 atom stereocenters. The maximum atomic E-state index is 11.3. The van der Waals surface area contributed by atoms with E-state index in [1.807, 2.05) is 30.3 Å². The first-order valence-electron chi connectivity index (χ1n) is 5.75. The van der Waals surface area contributed by atoms with E-state index in [1.54, 1.807) is 6.07 Å². The van der Waals surface area contributed by atoms with Crippen LogP contribution in [0, 0.1) is 0 Å². The number of carbonyl (C=O) groups is 1. The summed E-state index contributed by atoms with van der Waals surface area (Å²) in [6.45, 7) is 0. The maximum absolute atomic E-state index is 11.3. The number of carbonyl (C=O) groups excluding carboxylic acids is 1. The van der Waals surface area contributed by atoms with Crippen LogP contribution in [0.1, 0.15) is 10.4 Å². The molecule has 0 saturated heterocycles. The zero-order valence-electron chi connectivity index (χ0n) is 10.7. The van der Waals surface area contributed by atoms with E-state index in [0.717, 1.165) is 11.8 Å². The lowest BCUT2D eigenvalue weighted by atomic mass is 10.0. The second-order valence-electron chi connectivity index (χ2n) is 4.29. The molecular formula is C14H12NO4S-. The number of anilines is 1. The second kappa shape index (κ2) is 5.34. The van der Waals surface area contributed by atoms with Crippen LogP contribution in [0.3, 0.4) is 0 Å². The molecule has 1 N–H and O–H groups in total. The van der Waals surface area contributed by atoms with Gasteiger partial charge in [-0.3, -0.25) is 4.72 Å². The Kier molecular flexibility index (Phi) is 3.76. The number of hydrogen-bond acceptors (Lipinski definition) is 4. The molecule has 0 radical (unpaired) electrons. The molecule has 0 aliphatic heterocycles. The van der Waals surface area contributed by atoms with Gasteiger partial charge in [0.15, 0.2) is 0 Å². The lowest BCUT2D eigenvalue weighted by Crippen LogP contribution is -2.24. The standard InChI is InChI=1S/C14H13NO4S/c1-20(18,19)15-13-9-11(7-8-12(13)14(16)17)10-5-3-2-4-6-10/h2-9,15H,1H3,(H,16,17)/p-1. The molecule has 2 aromatic carbocycles. The van der Waals surface area contributed by atoms with E-state index in [2.05, 4.69) is 4.72 Å². The number of sulfonamides is 1. The van der Waals surface area contributed by atoms with Crippen molar-refractivity contribution in [2.24, 2.45) is 0 Å². The number of nitrogens with one attached hydrogen (secondary N) is 1. The fourth-order valence-electron chi connectivity index (χ4n) is 1.82. The van der Waals surface area contributed by atoms with E-state index in [4.69, 9.17) is 0 Å². The molecule has 20 heavy (non-hydrogen) atoms. The van der Waals surface area contributed by atoms with Gasteiger partial charge >= 0.3 is 0 Å². The van der Waals surface area contributed by atoms with Crippen LogP contribution < -0.4 is 9.83 Å². The Morgan fingerprint density at radius 2 is 1.70 bits per heavy atom. The van der Waals surface area contributed by atoms with Crippen LogP contribution in [0.2, 0.25) is 0 Å². The molecule has 0 aliphatic carbocycles. The lowest BCUT2D eigenvalue weighted by Gasteiger charge is -2.13. The van der Waals surface area contributed by atoms with Crippen molar-refractivity contribution in [3.05, 3.63) is 54.1 Å². The number of benzene rings is 2. The van der Waals surface area contributed by atoms with Crippen molar-refractivity contribution in [1.82, 2.24) is 0 Å². The summed E-state index contributed by atoms with van der Waals surface area (Å²) in [5.74, 6) is -1.43. The third kappa shape index (κ3) is 3.36. The van der Waals surface area contributed by atoms with Crippen LogP contribution in [0.25, 0.3) is 11.1 Å². The SMILES string of the molecule is CS(=O)(=O)Nc1cc(-c2ccccc2)ccc1C(=O)[O-]. The molecule has 0 unspecified atom stereocenters. The number of carboxylic acids is 1. The Labute approximate surface area is 116 Å². The van der Waals surface area contributed by atoms with Crippen LogP contribution in [-0.2, 0) is 10.0 Å². The Morgan fingerprint density at radius 1 is 1.05 bits per heavy atom. The molecule has 0 heterocycles. The Hall–Kier alpha value is -2.34. The number of rotatable bonds is 4. The Bertz CT molecular complexity index is 739. The van der Waals surface area contributed by atoms with Crippen molar-refractivity contribution in [1.29, 1.82) is 0 Å². The van der Waals surface area contributed by atoms with Crippen molar-refractivity contribution >= 4 is 21.7 Å². The zero-order valence-corrected chi connectivity index (χ0v) is 11.5. The molecule has 5 nitrogen and oxygen atoms in total. The van der Waals surface area contributed by atoms with Crippen molar-refractivity contribution < 1.29 is 18.3 Å². The van der Waals surface area contributed by atoms with E-state index < -0.39 is 16.0 Å². The average molecular weight is 290 g/mol. The van der Waals surface area contributed by atoms with E-state index in [1.165, 1.54) is 12.1 Å². The van der Waals surface area contributed by atoms with Crippen LogP contribution >= 0.6 is 0 Å². The average Bonchev–Trinajstić information content (AvgIpc) is 2.37. The summed E-state index contributed by atoms with van der Waals surface area (Å²) in [5.41, 5.74) is 1.36. The van der Waals surface area contributed by atoms with E-state index >= 15 is 0 Å². The van der Waals surface area contributed by atoms with Crippen LogP contribution in [-0.4, -0.2) is 20.6 Å². The van der Waals surface area contributed by atoms with Crippen molar-refractivity contribution in [2.75, 3.05) is 11.0 Å². The van der Waals surface area contributed by atoms with Gasteiger partial charge in [0.1, 0.15) is 0 Å². The minimum absolute atomic E-state index is 0.00569. The number of carboxylic acid groups (broad SMARTS) is 1. The first-order valence-corrected chi connectivity index (χ1v) is 7.64. The summed E-state index contributed by atoms with van der Waals surface area (Å²) < 4.78 is 24.8. The molecule has 6 heteroatoms. The van der Waals surface area contributed by atoms with Crippen LogP contribution in [0.15, 0.2) is 48.5 Å². The van der Waals surface area contributed by atoms with Gasteiger partial charge in [0.05, 0.1) is 17.9 Å². The van der Waals surface area contributed by atoms with Gasteiger partial charge in [-0.1, -0.05) is 42.5 Å². The summed E-state index contributed by atoms with van der Waals surface area (Å²) in [4.78, 5) is 11.0. The first kappa shape index (κ1) is 14.1. The van der Waals surface area contributed by atoms with E-state index in [0.29, 0.717) is 5.56 Å². The molecule has 2 rings (SSSR count). The van der Waals surface area contributed by atoms with Crippen LogP contribution in [0.4, 0.5) is 5.69 Å². The number of hydrogen-bond donors (Lipinski definition) is 1. The van der Waals surface area contributed by atoms with Gasteiger partial charge in [-0.05, 0) is 17.2 Å². The molecule has 0 aliphatic rings. The van der Waals surface area contributed by atoms with Gasteiger partial charge in [0.2, 0.25) is 10.0 Å². The minimum atomic E-state index is -3.57. The molecule has 0 fully saturated rings. The van der Waals surface area contributed by atoms with E-state index in [-0.39, 0.29) is 11.3 Å².